The van der Waals surface area contributed by atoms with Crippen molar-refractivity contribution in [3.63, 3.8) is 0 Å². The Morgan fingerprint density at radius 3 is 2.46 bits per heavy atom. The summed E-state index contributed by atoms with van der Waals surface area (Å²) in [6.45, 7) is 5.49. The Kier molecular flexibility index (Phi) is 3.04. The molecule has 0 aliphatic carbocycles. The molecule has 72 valence electrons. The third-order valence-corrected chi connectivity index (χ3v) is 2.29. The third-order valence-electron chi connectivity index (χ3n) is 2.29. The number of benzene rings is 1. The molecule has 0 aromatic heterocycles. The van der Waals surface area contributed by atoms with Crippen molar-refractivity contribution < 1.29 is 9.50 Å². The van der Waals surface area contributed by atoms with Gasteiger partial charge >= 0.3 is 0 Å². The molecule has 0 fully saturated rings. The van der Waals surface area contributed by atoms with Crippen molar-refractivity contribution in [3.8, 4) is 0 Å². The largest absolute Gasteiger partial charge is 0.388 e. The van der Waals surface area contributed by atoms with Gasteiger partial charge in [-0.2, -0.15) is 0 Å². The molecule has 1 aromatic carbocycles. The van der Waals surface area contributed by atoms with Gasteiger partial charge in [0.1, 0.15) is 5.82 Å². The lowest BCUT2D eigenvalue weighted by atomic mass is 9.99. The zero-order valence-corrected chi connectivity index (χ0v) is 8.26. The van der Waals surface area contributed by atoms with Crippen LogP contribution in [-0.4, -0.2) is 5.11 Å². The Balaban J connectivity index is 3.15. The van der Waals surface area contributed by atoms with Crippen LogP contribution in [0.15, 0.2) is 12.1 Å². The normalized spacial score (nSPS) is 13.0. The van der Waals surface area contributed by atoms with E-state index in [2.05, 4.69) is 0 Å². The van der Waals surface area contributed by atoms with E-state index in [1.165, 1.54) is 6.07 Å². The first kappa shape index (κ1) is 10.2. The van der Waals surface area contributed by atoms with Crippen LogP contribution in [0.25, 0.3) is 0 Å². The zero-order chi connectivity index (χ0) is 10.0. The molecular weight excluding hydrogens is 167 g/mol. The second-order valence-electron chi connectivity index (χ2n) is 3.38. The van der Waals surface area contributed by atoms with E-state index in [0.29, 0.717) is 17.5 Å². The maximum Gasteiger partial charge on any atom is 0.126 e. The Bertz CT molecular complexity index is 307. The van der Waals surface area contributed by atoms with Gasteiger partial charge in [-0.25, -0.2) is 4.39 Å². The molecule has 1 atom stereocenters. The topological polar surface area (TPSA) is 20.2 Å². The molecule has 0 saturated heterocycles. The van der Waals surface area contributed by atoms with Crippen molar-refractivity contribution in [2.45, 2.75) is 33.3 Å². The lowest BCUT2D eigenvalue weighted by molar-refractivity contribution is 0.172. The van der Waals surface area contributed by atoms with Crippen LogP contribution in [0.2, 0.25) is 0 Å². The van der Waals surface area contributed by atoms with Gasteiger partial charge in [0.15, 0.2) is 0 Å². The molecule has 0 bridgehead atoms. The highest BCUT2D eigenvalue weighted by Crippen LogP contribution is 2.23. The smallest absolute Gasteiger partial charge is 0.126 e. The van der Waals surface area contributed by atoms with Gasteiger partial charge in [-0.05, 0) is 43.0 Å². The lowest BCUT2D eigenvalue weighted by Gasteiger charge is -2.12. The van der Waals surface area contributed by atoms with Gasteiger partial charge in [0, 0.05) is 0 Å². The van der Waals surface area contributed by atoms with E-state index in [-0.39, 0.29) is 5.82 Å². The van der Waals surface area contributed by atoms with E-state index in [0.717, 1.165) is 5.56 Å². The molecule has 1 aromatic rings. The summed E-state index contributed by atoms with van der Waals surface area (Å²) in [6.07, 6.45) is 0.0682. The molecule has 13 heavy (non-hydrogen) atoms. The van der Waals surface area contributed by atoms with Gasteiger partial charge in [-0.1, -0.05) is 13.0 Å². The molecule has 0 saturated carbocycles. The van der Waals surface area contributed by atoms with Gasteiger partial charge in [-0.3, -0.25) is 0 Å². The second kappa shape index (κ2) is 3.88. The Morgan fingerprint density at radius 1 is 1.31 bits per heavy atom. The van der Waals surface area contributed by atoms with Crippen molar-refractivity contribution in [1.29, 1.82) is 0 Å². The molecular formula is C11H15FO. The highest BCUT2D eigenvalue weighted by molar-refractivity contribution is 5.33. The molecule has 1 N–H and O–H groups in total. The SMILES string of the molecule is CC[C@@H](O)c1cc(F)c(C)cc1C. The Labute approximate surface area is 78.2 Å². The fraction of sp³-hybridized carbons (Fsp3) is 0.455. The van der Waals surface area contributed by atoms with Crippen molar-refractivity contribution in [2.75, 3.05) is 0 Å². The van der Waals surface area contributed by atoms with Crippen LogP contribution in [-0.2, 0) is 0 Å². The predicted molar refractivity (Wildman–Crippen MR) is 51.1 cm³/mol. The molecule has 2 heteroatoms. The number of aliphatic hydroxyl groups is 1. The molecule has 0 aliphatic rings. The number of aliphatic hydroxyl groups excluding tert-OH is 1. The van der Waals surface area contributed by atoms with Crippen molar-refractivity contribution in [1.82, 2.24) is 0 Å². The first-order valence-electron chi connectivity index (χ1n) is 4.51. The van der Waals surface area contributed by atoms with Crippen LogP contribution >= 0.6 is 0 Å². The van der Waals surface area contributed by atoms with Crippen molar-refractivity contribution >= 4 is 0 Å². The average molecular weight is 182 g/mol. The van der Waals surface area contributed by atoms with E-state index >= 15 is 0 Å². The van der Waals surface area contributed by atoms with E-state index in [1.54, 1.807) is 13.0 Å². The minimum Gasteiger partial charge on any atom is -0.388 e. The first-order valence-corrected chi connectivity index (χ1v) is 4.51. The van der Waals surface area contributed by atoms with Crippen LogP contribution in [0.1, 0.15) is 36.1 Å². The number of hydrogen-bond donors (Lipinski definition) is 1. The summed E-state index contributed by atoms with van der Waals surface area (Å²) in [7, 11) is 0. The summed E-state index contributed by atoms with van der Waals surface area (Å²) < 4.78 is 13.1. The molecule has 0 spiro atoms. The van der Waals surface area contributed by atoms with Crippen molar-refractivity contribution in [2.24, 2.45) is 0 Å². The minimum absolute atomic E-state index is 0.242. The monoisotopic (exact) mass is 182 g/mol. The molecule has 1 rings (SSSR count). The number of hydrogen-bond acceptors (Lipinski definition) is 1. The minimum atomic E-state index is -0.546. The fourth-order valence-corrected chi connectivity index (χ4v) is 1.42. The summed E-state index contributed by atoms with van der Waals surface area (Å²) in [4.78, 5) is 0. The van der Waals surface area contributed by atoms with Crippen LogP contribution in [0.3, 0.4) is 0 Å². The predicted octanol–water partition coefficient (Wildman–Crippen LogP) is 2.89. The summed E-state index contributed by atoms with van der Waals surface area (Å²) in [6, 6.07) is 3.20. The summed E-state index contributed by atoms with van der Waals surface area (Å²) >= 11 is 0. The zero-order valence-electron chi connectivity index (χ0n) is 8.26. The lowest BCUT2D eigenvalue weighted by Crippen LogP contribution is -2.00. The van der Waals surface area contributed by atoms with Crippen LogP contribution in [0.4, 0.5) is 4.39 Å². The number of halogens is 1. The second-order valence-corrected chi connectivity index (χ2v) is 3.38. The molecule has 0 aliphatic heterocycles. The van der Waals surface area contributed by atoms with Gasteiger partial charge in [0.05, 0.1) is 6.10 Å². The molecule has 0 radical (unpaired) electrons. The fourth-order valence-electron chi connectivity index (χ4n) is 1.42. The van der Waals surface area contributed by atoms with Crippen molar-refractivity contribution in [3.05, 3.63) is 34.6 Å². The highest BCUT2D eigenvalue weighted by Gasteiger charge is 2.10. The quantitative estimate of drug-likeness (QED) is 0.745. The maximum atomic E-state index is 13.1. The molecule has 0 unspecified atom stereocenters. The van der Waals surface area contributed by atoms with E-state index in [9.17, 15) is 9.50 Å². The molecule has 0 amide bonds. The van der Waals surface area contributed by atoms with Crippen LogP contribution < -0.4 is 0 Å². The summed E-state index contributed by atoms with van der Waals surface area (Å²) in [5.41, 5.74) is 2.28. The van der Waals surface area contributed by atoms with Gasteiger partial charge in [0.25, 0.3) is 0 Å². The van der Waals surface area contributed by atoms with Gasteiger partial charge in [0.2, 0.25) is 0 Å². The van der Waals surface area contributed by atoms with E-state index in [1.807, 2.05) is 13.8 Å². The maximum absolute atomic E-state index is 13.1. The summed E-state index contributed by atoms with van der Waals surface area (Å²) in [5.74, 6) is -0.242. The molecule has 1 nitrogen and oxygen atoms in total. The third kappa shape index (κ3) is 2.07. The summed E-state index contributed by atoms with van der Waals surface area (Å²) in [5, 5.41) is 9.56. The Hall–Kier alpha value is -0.890. The van der Waals surface area contributed by atoms with Gasteiger partial charge in [-0.15, -0.1) is 0 Å². The number of aryl methyl sites for hydroxylation is 2. The standard InChI is InChI=1S/C11H15FO/c1-4-11(13)9-6-10(12)8(3)5-7(9)2/h5-6,11,13H,4H2,1-3H3/t11-/m1/s1. The molecule has 0 heterocycles. The van der Waals surface area contributed by atoms with Crippen LogP contribution in [0, 0.1) is 19.7 Å². The van der Waals surface area contributed by atoms with E-state index in [4.69, 9.17) is 0 Å². The highest BCUT2D eigenvalue weighted by atomic mass is 19.1. The van der Waals surface area contributed by atoms with Crippen LogP contribution in [0.5, 0.6) is 0 Å². The average Bonchev–Trinajstić information content (AvgIpc) is 2.10. The number of rotatable bonds is 2. The van der Waals surface area contributed by atoms with Gasteiger partial charge < -0.3 is 5.11 Å². The van der Waals surface area contributed by atoms with E-state index < -0.39 is 6.10 Å². The first-order chi connectivity index (χ1) is 6.06. The Morgan fingerprint density at radius 2 is 1.92 bits per heavy atom.